The molecule has 2 aromatic heterocycles. The van der Waals surface area contributed by atoms with E-state index in [1.807, 2.05) is 36.0 Å². The van der Waals surface area contributed by atoms with E-state index in [-0.39, 0.29) is 5.41 Å². The fourth-order valence-electron chi connectivity index (χ4n) is 7.12. The number of nitriles is 1. The summed E-state index contributed by atoms with van der Waals surface area (Å²) in [6.07, 6.45) is 7.21. The van der Waals surface area contributed by atoms with Crippen molar-refractivity contribution in [3.05, 3.63) is 157 Å². The van der Waals surface area contributed by atoms with Crippen LogP contribution in [0.2, 0.25) is 0 Å². The van der Waals surface area contributed by atoms with Gasteiger partial charge < -0.3 is 4.57 Å². The quantitative estimate of drug-likeness (QED) is 0.195. The van der Waals surface area contributed by atoms with Gasteiger partial charge in [0.15, 0.2) is 0 Å². The van der Waals surface area contributed by atoms with Gasteiger partial charge in [0.2, 0.25) is 0 Å². The molecule has 3 heterocycles. The molecule has 0 fully saturated rings. The minimum Gasteiger partial charge on any atom is -0.310 e. The molecule has 9 rings (SSSR count). The predicted molar refractivity (Wildman–Crippen MR) is 195 cm³/mol. The summed E-state index contributed by atoms with van der Waals surface area (Å²) in [5.41, 5.74) is 10.5. The highest BCUT2D eigenvalue weighted by Gasteiger charge is 2.43. The summed E-state index contributed by atoms with van der Waals surface area (Å²) in [6, 6.07) is 47.9. The molecule has 2 aliphatic rings. The normalized spacial score (nSPS) is 18.3. The number of fused-ring (bicyclic) bond motifs is 6. The first-order chi connectivity index (χ1) is 22.6. The third-order valence-corrected chi connectivity index (χ3v) is 12.2. The Morgan fingerprint density at radius 2 is 1.33 bits per heavy atom. The van der Waals surface area contributed by atoms with Crippen LogP contribution in [0.4, 0.5) is 0 Å². The third-order valence-electron chi connectivity index (χ3n) is 9.54. The highest BCUT2D eigenvalue weighted by atomic mass is 32.2. The average Bonchev–Trinajstić information content (AvgIpc) is 3.81. The Labute approximate surface area is 276 Å². The van der Waals surface area contributed by atoms with Gasteiger partial charge in [-0.15, -0.1) is 23.1 Å². The zero-order valence-electron chi connectivity index (χ0n) is 25.1. The van der Waals surface area contributed by atoms with E-state index in [0.717, 1.165) is 5.56 Å². The summed E-state index contributed by atoms with van der Waals surface area (Å²) >= 11 is 3.75. The van der Waals surface area contributed by atoms with Gasteiger partial charge in [0.1, 0.15) is 0 Å². The molecule has 7 aromatic rings. The molecule has 0 radical (unpaired) electrons. The number of allylic oxidation sites excluding steroid dienone is 3. The second-order valence-electron chi connectivity index (χ2n) is 12.3. The average molecular weight is 625 g/mol. The molecule has 1 aliphatic heterocycles. The van der Waals surface area contributed by atoms with Crippen LogP contribution in [0.3, 0.4) is 0 Å². The Balaban J connectivity index is 1.08. The molecule has 0 bridgehead atoms. The van der Waals surface area contributed by atoms with Crippen LogP contribution < -0.4 is 0 Å². The van der Waals surface area contributed by atoms with Gasteiger partial charge in [-0.1, -0.05) is 91.9 Å². The lowest BCUT2D eigenvalue weighted by molar-refractivity contribution is 0.619. The number of hydrogen-bond donors (Lipinski definition) is 0. The predicted octanol–water partition coefficient (Wildman–Crippen LogP) is 11.6. The molecule has 0 saturated carbocycles. The van der Waals surface area contributed by atoms with Crippen molar-refractivity contribution in [1.29, 1.82) is 5.26 Å². The van der Waals surface area contributed by atoms with Gasteiger partial charge in [-0.05, 0) is 88.5 Å². The molecular weight excluding hydrogens is 597 g/mol. The number of thioether (sulfide) groups is 1. The van der Waals surface area contributed by atoms with Crippen molar-refractivity contribution in [3.8, 4) is 38.1 Å². The number of benzene rings is 5. The molecule has 0 spiro atoms. The monoisotopic (exact) mass is 624 g/mol. The highest BCUT2D eigenvalue weighted by molar-refractivity contribution is 8.00. The number of hydrogen-bond acceptors (Lipinski definition) is 3. The summed E-state index contributed by atoms with van der Waals surface area (Å²) in [7, 11) is 0. The number of para-hydroxylation sites is 1. The van der Waals surface area contributed by atoms with E-state index < -0.39 is 0 Å². The first-order valence-electron chi connectivity index (χ1n) is 15.5. The van der Waals surface area contributed by atoms with E-state index in [9.17, 15) is 0 Å². The van der Waals surface area contributed by atoms with Crippen LogP contribution in [0, 0.1) is 11.3 Å². The number of aromatic nitrogens is 1. The number of thiophene rings is 1. The van der Waals surface area contributed by atoms with Crippen LogP contribution in [-0.4, -0.2) is 9.82 Å². The Kier molecular flexibility index (Phi) is 6.21. The lowest BCUT2D eigenvalue weighted by atomic mass is 9.76. The molecule has 2 atom stereocenters. The fourth-order valence-corrected chi connectivity index (χ4v) is 9.58. The SMILES string of the molecule is CC12C=C(n3c4ccccc4c4cc(-c5ccc(-c6ccc(-c7ccc(C#N)cc7)s6)cc5)ccc43)C=CC1Sc1ccccc12. The molecule has 2 unspecified atom stereocenters. The lowest BCUT2D eigenvalue weighted by Crippen LogP contribution is -2.29. The standard InChI is InChI=1S/C42H28N2S2/c1-42-25-32(19-23-41(42)46-40-9-5-3-7-35(40)42)44-36-8-4-2-6-33(36)34-24-31(18-20-37(34)44)28-14-16-30(17-15-28)39-22-21-38(45-39)29-12-10-27(26-43)11-13-29/h2-25,41H,1H3. The van der Waals surface area contributed by atoms with Gasteiger partial charge in [-0.2, -0.15) is 5.26 Å². The zero-order chi connectivity index (χ0) is 30.8. The largest absolute Gasteiger partial charge is 0.310 e. The second kappa shape index (κ2) is 10.5. The molecule has 218 valence electrons. The maximum absolute atomic E-state index is 9.12. The Bertz CT molecular complexity index is 2420. The van der Waals surface area contributed by atoms with E-state index in [2.05, 4.69) is 139 Å². The summed E-state index contributed by atoms with van der Waals surface area (Å²) in [4.78, 5) is 3.83. The van der Waals surface area contributed by atoms with Crippen molar-refractivity contribution in [2.24, 2.45) is 0 Å². The van der Waals surface area contributed by atoms with Gasteiger partial charge in [0.25, 0.3) is 0 Å². The Morgan fingerprint density at radius 3 is 2.11 bits per heavy atom. The molecule has 46 heavy (non-hydrogen) atoms. The zero-order valence-corrected chi connectivity index (χ0v) is 26.8. The van der Waals surface area contributed by atoms with Gasteiger partial charge in [-0.3, -0.25) is 0 Å². The summed E-state index contributed by atoms with van der Waals surface area (Å²) in [6.45, 7) is 2.39. The van der Waals surface area contributed by atoms with E-state index >= 15 is 0 Å². The molecule has 0 amide bonds. The van der Waals surface area contributed by atoms with Crippen LogP contribution in [0.25, 0.3) is 59.5 Å². The molecule has 1 aliphatic carbocycles. The second-order valence-corrected chi connectivity index (χ2v) is 14.5. The smallest absolute Gasteiger partial charge is 0.0991 e. The molecule has 4 heteroatoms. The number of rotatable bonds is 4. The summed E-state index contributed by atoms with van der Waals surface area (Å²) < 4.78 is 2.45. The maximum atomic E-state index is 9.12. The molecular formula is C42H28N2S2. The van der Waals surface area contributed by atoms with Crippen molar-refractivity contribution in [1.82, 2.24) is 4.57 Å². The van der Waals surface area contributed by atoms with Crippen LogP contribution in [0.5, 0.6) is 0 Å². The van der Waals surface area contributed by atoms with Gasteiger partial charge in [0.05, 0.1) is 22.7 Å². The minimum atomic E-state index is -0.0456. The summed E-state index contributed by atoms with van der Waals surface area (Å²) in [5, 5.41) is 12.1. The molecule has 0 saturated heterocycles. The molecule has 0 N–H and O–H groups in total. The minimum absolute atomic E-state index is 0.0456. The van der Waals surface area contributed by atoms with Crippen LogP contribution in [-0.2, 0) is 5.41 Å². The Hall–Kier alpha value is -5.08. The molecule has 5 aromatic carbocycles. The van der Waals surface area contributed by atoms with E-state index in [4.69, 9.17) is 5.26 Å². The van der Waals surface area contributed by atoms with Gasteiger partial charge >= 0.3 is 0 Å². The van der Waals surface area contributed by atoms with Crippen molar-refractivity contribution < 1.29 is 0 Å². The first-order valence-corrected chi connectivity index (χ1v) is 17.2. The topological polar surface area (TPSA) is 28.7 Å². The first kappa shape index (κ1) is 27.2. The van der Waals surface area contributed by atoms with Crippen LogP contribution in [0.15, 0.2) is 151 Å². The highest BCUT2D eigenvalue weighted by Crippen LogP contribution is 2.53. The van der Waals surface area contributed by atoms with E-state index in [0.29, 0.717) is 10.8 Å². The van der Waals surface area contributed by atoms with Crippen molar-refractivity contribution in [3.63, 3.8) is 0 Å². The van der Waals surface area contributed by atoms with Crippen molar-refractivity contribution in [2.75, 3.05) is 0 Å². The van der Waals surface area contributed by atoms with E-state index in [1.54, 1.807) is 11.3 Å². The van der Waals surface area contributed by atoms with Gasteiger partial charge in [-0.25, -0.2) is 0 Å². The van der Waals surface area contributed by atoms with Crippen LogP contribution in [0.1, 0.15) is 18.1 Å². The fraction of sp³-hybridized carbons (Fsp3) is 0.0714. The van der Waals surface area contributed by atoms with Crippen LogP contribution >= 0.6 is 23.1 Å². The third kappa shape index (κ3) is 4.24. The van der Waals surface area contributed by atoms with Crippen molar-refractivity contribution in [2.45, 2.75) is 22.5 Å². The van der Waals surface area contributed by atoms with Crippen molar-refractivity contribution >= 4 is 50.6 Å². The van der Waals surface area contributed by atoms with Gasteiger partial charge in [0, 0.05) is 41.8 Å². The van der Waals surface area contributed by atoms with E-state index in [1.165, 1.54) is 64.4 Å². The lowest BCUT2D eigenvalue weighted by Gasteiger charge is -2.31. The summed E-state index contributed by atoms with van der Waals surface area (Å²) in [5.74, 6) is 0. The maximum Gasteiger partial charge on any atom is 0.0991 e. The Morgan fingerprint density at radius 1 is 0.674 bits per heavy atom. The molecule has 2 nitrogen and oxygen atoms in total. The number of nitrogens with zero attached hydrogens (tertiary/aromatic N) is 2.